The van der Waals surface area contributed by atoms with Gasteiger partial charge in [-0.2, -0.15) is 9.40 Å². The van der Waals surface area contributed by atoms with Crippen molar-refractivity contribution in [1.29, 1.82) is 0 Å². The summed E-state index contributed by atoms with van der Waals surface area (Å²) in [5.41, 5.74) is 1.68. The topological polar surface area (TPSA) is 105 Å². The average Bonchev–Trinajstić information content (AvgIpc) is 2.91. The van der Waals surface area contributed by atoms with Gasteiger partial charge in [0, 0.05) is 19.6 Å². The van der Waals surface area contributed by atoms with E-state index in [-0.39, 0.29) is 18.0 Å². The normalized spacial score (nSPS) is 19.0. The van der Waals surface area contributed by atoms with E-state index >= 15 is 0 Å². The Bertz CT molecular complexity index is 892. The van der Waals surface area contributed by atoms with Crippen molar-refractivity contribution in [1.82, 2.24) is 19.4 Å². The van der Waals surface area contributed by atoms with Crippen LogP contribution in [-0.4, -0.2) is 59.3 Å². The van der Waals surface area contributed by atoms with Gasteiger partial charge in [-0.1, -0.05) is 18.2 Å². The van der Waals surface area contributed by atoms with Crippen molar-refractivity contribution < 1.29 is 18.3 Å². The molecule has 3 rings (SSSR count). The molecule has 2 aromatic rings. The molecule has 0 spiro atoms. The number of hydrogen-bond acceptors (Lipinski definition) is 5. The Morgan fingerprint density at radius 2 is 1.96 bits per heavy atom. The number of aliphatic carboxylic acids is 1. The lowest BCUT2D eigenvalue weighted by Gasteiger charge is -2.30. The molecule has 8 nitrogen and oxygen atoms in total. The number of nitrogens with one attached hydrogen (secondary N) is 1. The molecule has 0 unspecified atom stereocenters. The summed E-state index contributed by atoms with van der Waals surface area (Å²) in [7, 11) is -3.83. The van der Waals surface area contributed by atoms with Gasteiger partial charge in [-0.05, 0) is 26.0 Å². The van der Waals surface area contributed by atoms with Crippen molar-refractivity contribution in [3.8, 4) is 5.69 Å². The molecule has 0 bridgehead atoms. The van der Waals surface area contributed by atoms with Gasteiger partial charge in [0.15, 0.2) is 0 Å². The molecular formula is C16H20N4O4S. The summed E-state index contributed by atoms with van der Waals surface area (Å²) in [6.45, 7) is 3.77. The predicted molar refractivity (Wildman–Crippen MR) is 91.2 cm³/mol. The summed E-state index contributed by atoms with van der Waals surface area (Å²) in [4.78, 5) is 11.3. The number of sulfonamides is 1. The summed E-state index contributed by atoms with van der Waals surface area (Å²) >= 11 is 0. The molecular weight excluding hydrogens is 344 g/mol. The number of hydrogen-bond donors (Lipinski definition) is 2. The summed E-state index contributed by atoms with van der Waals surface area (Å²) in [6, 6.07) is 8.37. The van der Waals surface area contributed by atoms with Crippen LogP contribution in [0.15, 0.2) is 35.2 Å². The number of aryl methyl sites for hydroxylation is 1. The Kier molecular flexibility index (Phi) is 4.63. The monoisotopic (exact) mass is 364 g/mol. The molecule has 1 aliphatic rings. The number of benzene rings is 1. The van der Waals surface area contributed by atoms with E-state index in [1.165, 1.54) is 4.31 Å². The van der Waals surface area contributed by atoms with Crippen LogP contribution in [0.5, 0.6) is 0 Å². The van der Waals surface area contributed by atoms with Crippen LogP contribution < -0.4 is 5.32 Å². The SMILES string of the molecule is Cc1nn(-c2ccccc2)c(C)c1S(=O)(=O)N1CCN[C@H](C(=O)O)C1. The third-order valence-corrected chi connectivity index (χ3v) is 6.38. The first-order valence-corrected chi connectivity index (χ1v) is 9.34. The largest absolute Gasteiger partial charge is 0.480 e. The van der Waals surface area contributed by atoms with E-state index in [1.807, 2.05) is 30.3 Å². The highest BCUT2D eigenvalue weighted by Gasteiger charge is 2.36. The van der Waals surface area contributed by atoms with Crippen molar-refractivity contribution in [2.24, 2.45) is 0 Å². The fourth-order valence-electron chi connectivity index (χ4n) is 3.06. The molecule has 1 saturated heterocycles. The highest BCUT2D eigenvalue weighted by atomic mass is 32.2. The predicted octanol–water partition coefficient (Wildman–Crippen LogP) is 0.536. The highest BCUT2D eigenvalue weighted by Crippen LogP contribution is 2.26. The van der Waals surface area contributed by atoms with Gasteiger partial charge < -0.3 is 10.4 Å². The van der Waals surface area contributed by atoms with Crippen molar-refractivity contribution in [2.45, 2.75) is 24.8 Å². The van der Waals surface area contributed by atoms with E-state index in [9.17, 15) is 13.2 Å². The Morgan fingerprint density at radius 3 is 2.60 bits per heavy atom. The van der Waals surface area contributed by atoms with E-state index in [0.29, 0.717) is 17.9 Å². The average molecular weight is 364 g/mol. The lowest BCUT2D eigenvalue weighted by Crippen LogP contribution is -2.55. The third-order valence-electron chi connectivity index (χ3n) is 4.26. The minimum atomic E-state index is -3.83. The van der Waals surface area contributed by atoms with Crippen LogP contribution in [0.25, 0.3) is 5.69 Å². The lowest BCUT2D eigenvalue weighted by atomic mass is 10.2. The Labute approximate surface area is 146 Å². The number of carboxylic acids is 1. The molecule has 9 heteroatoms. The molecule has 1 fully saturated rings. The second-order valence-corrected chi connectivity index (χ2v) is 7.83. The number of carbonyl (C=O) groups is 1. The fourth-order valence-corrected chi connectivity index (χ4v) is 4.87. The first kappa shape index (κ1) is 17.6. The first-order valence-electron chi connectivity index (χ1n) is 7.90. The van der Waals surface area contributed by atoms with Crippen molar-refractivity contribution in [3.63, 3.8) is 0 Å². The van der Waals surface area contributed by atoms with Gasteiger partial charge in [0.1, 0.15) is 10.9 Å². The molecule has 1 aromatic heterocycles. The van der Waals surface area contributed by atoms with Crippen molar-refractivity contribution in [2.75, 3.05) is 19.6 Å². The molecule has 0 aliphatic carbocycles. The molecule has 1 aliphatic heterocycles. The smallest absolute Gasteiger partial charge is 0.322 e. The first-order chi connectivity index (χ1) is 11.8. The number of aromatic nitrogens is 2. The maximum Gasteiger partial charge on any atom is 0.322 e. The van der Waals surface area contributed by atoms with E-state index < -0.39 is 22.0 Å². The van der Waals surface area contributed by atoms with Gasteiger partial charge in [-0.15, -0.1) is 0 Å². The molecule has 1 aromatic carbocycles. The molecule has 1 atom stereocenters. The maximum absolute atomic E-state index is 13.1. The van der Waals surface area contributed by atoms with E-state index in [2.05, 4.69) is 10.4 Å². The minimum Gasteiger partial charge on any atom is -0.480 e. The summed E-state index contributed by atoms with van der Waals surface area (Å²) in [5, 5.41) is 16.3. The molecule has 0 radical (unpaired) electrons. The van der Waals surface area contributed by atoms with Gasteiger partial charge in [0.25, 0.3) is 0 Å². The van der Waals surface area contributed by atoms with Crippen LogP contribution in [0.4, 0.5) is 0 Å². The molecule has 2 heterocycles. The van der Waals surface area contributed by atoms with Gasteiger partial charge >= 0.3 is 5.97 Å². The van der Waals surface area contributed by atoms with Gasteiger partial charge in [0.2, 0.25) is 10.0 Å². The van der Waals surface area contributed by atoms with E-state index in [4.69, 9.17) is 5.11 Å². The molecule has 0 amide bonds. The zero-order valence-electron chi connectivity index (χ0n) is 14.0. The molecule has 134 valence electrons. The Morgan fingerprint density at radius 1 is 1.28 bits per heavy atom. The number of piperazine rings is 1. The number of nitrogens with zero attached hydrogens (tertiary/aromatic N) is 3. The third kappa shape index (κ3) is 3.17. The summed E-state index contributed by atoms with van der Waals surface area (Å²) < 4.78 is 29.0. The number of rotatable bonds is 4. The van der Waals surface area contributed by atoms with Crippen LogP contribution in [0.1, 0.15) is 11.4 Å². The van der Waals surface area contributed by atoms with Crippen LogP contribution in [0, 0.1) is 13.8 Å². The van der Waals surface area contributed by atoms with Crippen molar-refractivity contribution in [3.05, 3.63) is 41.7 Å². The zero-order chi connectivity index (χ0) is 18.2. The minimum absolute atomic E-state index is 0.104. The quantitative estimate of drug-likeness (QED) is 0.820. The Balaban J connectivity index is 2.01. The van der Waals surface area contributed by atoms with Crippen LogP contribution >= 0.6 is 0 Å². The summed E-state index contributed by atoms with van der Waals surface area (Å²) in [5.74, 6) is -1.06. The van der Waals surface area contributed by atoms with Crippen LogP contribution in [0.2, 0.25) is 0 Å². The summed E-state index contributed by atoms with van der Waals surface area (Å²) in [6.07, 6.45) is 0. The second-order valence-electron chi connectivity index (χ2n) is 5.96. The number of para-hydroxylation sites is 1. The molecule has 0 saturated carbocycles. The standard InChI is InChI=1S/C16H20N4O4S/c1-11-15(12(2)20(18-11)13-6-4-3-5-7-13)25(23,24)19-9-8-17-14(10-19)16(21)22/h3-7,14,17H,8-10H2,1-2H3,(H,21,22)/t14-/m0/s1. The second kappa shape index (κ2) is 6.58. The lowest BCUT2D eigenvalue weighted by molar-refractivity contribution is -0.140. The number of carboxylic acid groups (broad SMARTS) is 1. The molecule has 25 heavy (non-hydrogen) atoms. The van der Waals surface area contributed by atoms with Crippen LogP contribution in [-0.2, 0) is 14.8 Å². The highest BCUT2D eigenvalue weighted by molar-refractivity contribution is 7.89. The van der Waals surface area contributed by atoms with E-state index in [0.717, 1.165) is 5.69 Å². The van der Waals surface area contributed by atoms with Gasteiger partial charge in [-0.25, -0.2) is 13.1 Å². The van der Waals surface area contributed by atoms with Gasteiger partial charge in [-0.3, -0.25) is 4.79 Å². The van der Waals surface area contributed by atoms with Crippen LogP contribution in [0.3, 0.4) is 0 Å². The molecule has 2 N–H and O–H groups in total. The van der Waals surface area contributed by atoms with Gasteiger partial charge in [0.05, 0.1) is 17.1 Å². The van der Waals surface area contributed by atoms with E-state index in [1.54, 1.807) is 18.5 Å². The zero-order valence-corrected chi connectivity index (χ0v) is 14.8. The maximum atomic E-state index is 13.1. The Hall–Kier alpha value is -2.23. The fraction of sp³-hybridized carbons (Fsp3) is 0.375. The van der Waals surface area contributed by atoms with Crippen molar-refractivity contribution >= 4 is 16.0 Å².